The smallest absolute Gasteiger partial charge is 0.224 e. The molecule has 140 valence electrons. The molecule has 1 heterocycles. The van der Waals surface area contributed by atoms with Crippen LogP contribution in [-0.4, -0.2) is 15.5 Å². The summed E-state index contributed by atoms with van der Waals surface area (Å²) in [6, 6.07) is 21.9. The quantitative estimate of drug-likeness (QED) is 0.494. The Morgan fingerprint density at radius 2 is 1.79 bits per heavy atom. The van der Waals surface area contributed by atoms with Crippen LogP contribution >= 0.6 is 11.6 Å². The van der Waals surface area contributed by atoms with Crippen molar-refractivity contribution in [3.63, 3.8) is 0 Å². The van der Waals surface area contributed by atoms with Crippen LogP contribution in [0.15, 0.2) is 72.8 Å². The standard InChI is InChI=1S/C22H17ClFN3O/c23-15-10-11-18(17(24)14-15)26-22(28)13-12-21-25-19-8-4-5-9-20(19)27(21)16-6-2-1-3-7-16/h1-11,14H,12-13H2,(H,26,28). The van der Waals surface area contributed by atoms with Crippen LogP contribution in [0, 0.1) is 5.82 Å². The van der Waals surface area contributed by atoms with Crippen molar-refractivity contribution in [2.75, 3.05) is 5.32 Å². The third-order valence-electron chi connectivity index (χ3n) is 4.43. The Hall–Kier alpha value is -3.18. The lowest BCUT2D eigenvalue weighted by Crippen LogP contribution is -2.14. The summed E-state index contributed by atoms with van der Waals surface area (Å²) >= 11 is 5.75. The summed E-state index contributed by atoms with van der Waals surface area (Å²) < 4.78 is 15.9. The lowest BCUT2D eigenvalue weighted by molar-refractivity contribution is -0.116. The summed E-state index contributed by atoms with van der Waals surface area (Å²) in [7, 11) is 0. The number of carbonyl (C=O) groups excluding carboxylic acids is 1. The van der Waals surface area contributed by atoms with Gasteiger partial charge < -0.3 is 5.32 Å². The van der Waals surface area contributed by atoms with E-state index in [1.807, 2.05) is 59.2 Å². The number of imidazole rings is 1. The fourth-order valence-electron chi connectivity index (χ4n) is 3.14. The van der Waals surface area contributed by atoms with Crippen LogP contribution in [0.4, 0.5) is 10.1 Å². The maximum absolute atomic E-state index is 13.9. The summed E-state index contributed by atoms with van der Waals surface area (Å²) in [5, 5.41) is 2.88. The van der Waals surface area contributed by atoms with Crippen molar-refractivity contribution < 1.29 is 9.18 Å². The Morgan fingerprint density at radius 1 is 1.04 bits per heavy atom. The second-order valence-corrected chi connectivity index (χ2v) is 6.80. The van der Waals surface area contributed by atoms with Crippen LogP contribution in [0.3, 0.4) is 0 Å². The third-order valence-corrected chi connectivity index (χ3v) is 4.66. The van der Waals surface area contributed by atoms with Crippen LogP contribution < -0.4 is 5.32 Å². The summed E-state index contributed by atoms with van der Waals surface area (Å²) in [6.07, 6.45) is 0.600. The minimum Gasteiger partial charge on any atom is -0.324 e. The van der Waals surface area contributed by atoms with E-state index in [1.165, 1.54) is 18.2 Å². The van der Waals surface area contributed by atoms with E-state index in [-0.39, 0.29) is 23.0 Å². The number of rotatable bonds is 5. The zero-order valence-electron chi connectivity index (χ0n) is 14.9. The van der Waals surface area contributed by atoms with Crippen molar-refractivity contribution in [1.82, 2.24) is 9.55 Å². The number of nitrogens with zero attached hydrogens (tertiary/aromatic N) is 2. The molecule has 0 unspecified atom stereocenters. The summed E-state index contributed by atoms with van der Waals surface area (Å²) in [5.41, 5.74) is 2.94. The largest absolute Gasteiger partial charge is 0.324 e. The molecule has 0 bridgehead atoms. The Bertz CT molecular complexity index is 1140. The summed E-state index contributed by atoms with van der Waals surface area (Å²) in [6.45, 7) is 0. The molecule has 6 heteroatoms. The van der Waals surface area contributed by atoms with Gasteiger partial charge in [0.15, 0.2) is 0 Å². The molecule has 1 amide bonds. The van der Waals surface area contributed by atoms with Crippen molar-refractivity contribution in [3.05, 3.63) is 89.5 Å². The maximum atomic E-state index is 13.9. The molecule has 0 aliphatic carbocycles. The van der Waals surface area contributed by atoms with E-state index in [2.05, 4.69) is 10.3 Å². The number of fused-ring (bicyclic) bond motifs is 1. The fourth-order valence-corrected chi connectivity index (χ4v) is 3.30. The molecule has 1 N–H and O–H groups in total. The zero-order valence-corrected chi connectivity index (χ0v) is 15.7. The number of carbonyl (C=O) groups is 1. The molecule has 0 fully saturated rings. The number of hydrogen-bond acceptors (Lipinski definition) is 2. The zero-order chi connectivity index (χ0) is 19.5. The van der Waals surface area contributed by atoms with E-state index in [4.69, 9.17) is 11.6 Å². The highest BCUT2D eigenvalue weighted by atomic mass is 35.5. The SMILES string of the molecule is O=C(CCc1nc2ccccc2n1-c1ccccc1)Nc1ccc(Cl)cc1F. The Balaban J connectivity index is 1.57. The first-order valence-electron chi connectivity index (χ1n) is 8.88. The molecule has 4 nitrogen and oxygen atoms in total. The van der Waals surface area contributed by atoms with Gasteiger partial charge in [0.25, 0.3) is 0 Å². The summed E-state index contributed by atoms with van der Waals surface area (Å²) in [5.74, 6) is -0.0654. The molecule has 0 saturated heterocycles. The van der Waals surface area contributed by atoms with E-state index >= 15 is 0 Å². The molecule has 0 spiro atoms. The van der Waals surface area contributed by atoms with Crippen LogP contribution in [-0.2, 0) is 11.2 Å². The highest BCUT2D eigenvalue weighted by Crippen LogP contribution is 2.23. The van der Waals surface area contributed by atoms with Gasteiger partial charge in [0.2, 0.25) is 5.91 Å². The molecule has 0 radical (unpaired) electrons. The number of aromatic nitrogens is 2. The van der Waals surface area contributed by atoms with Crippen molar-refractivity contribution in [1.29, 1.82) is 0 Å². The molecular formula is C22H17ClFN3O. The van der Waals surface area contributed by atoms with Gasteiger partial charge in [-0.15, -0.1) is 0 Å². The molecule has 0 atom stereocenters. The highest BCUT2D eigenvalue weighted by Gasteiger charge is 2.14. The van der Waals surface area contributed by atoms with E-state index in [9.17, 15) is 9.18 Å². The molecule has 0 saturated carbocycles. The van der Waals surface area contributed by atoms with Gasteiger partial charge in [0, 0.05) is 23.6 Å². The monoisotopic (exact) mass is 393 g/mol. The van der Waals surface area contributed by atoms with E-state index in [0.29, 0.717) is 6.42 Å². The number of hydrogen-bond donors (Lipinski definition) is 1. The Kier molecular flexibility index (Phi) is 5.08. The van der Waals surface area contributed by atoms with Gasteiger partial charge in [-0.25, -0.2) is 9.37 Å². The van der Waals surface area contributed by atoms with Crippen LogP contribution in [0.5, 0.6) is 0 Å². The molecule has 1 aromatic heterocycles. The maximum Gasteiger partial charge on any atom is 0.224 e. The number of amides is 1. The minimum absolute atomic E-state index is 0.117. The molecular weight excluding hydrogens is 377 g/mol. The van der Waals surface area contributed by atoms with Crippen LogP contribution in [0.2, 0.25) is 5.02 Å². The third kappa shape index (κ3) is 3.75. The average Bonchev–Trinajstić information content (AvgIpc) is 3.07. The van der Waals surface area contributed by atoms with Gasteiger partial charge in [-0.05, 0) is 42.5 Å². The van der Waals surface area contributed by atoms with Gasteiger partial charge in [-0.3, -0.25) is 9.36 Å². The predicted molar refractivity (Wildman–Crippen MR) is 109 cm³/mol. The van der Waals surface area contributed by atoms with E-state index < -0.39 is 5.82 Å². The highest BCUT2D eigenvalue weighted by molar-refractivity contribution is 6.30. The average molecular weight is 394 g/mol. The topological polar surface area (TPSA) is 46.9 Å². The van der Waals surface area contributed by atoms with E-state index in [1.54, 1.807) is 0 Å². The first kappa shape index (κ1) is 18.2. The number of para-hydroxylation sites is 3. The number of anilines is 1. The van der Waals surface area contributed by atoms with Gasteiger partial charge in [-0.1, -0.05) is 41.9 Å². The summed E-state index contributed by atoms with van der Waals surface area (Å²) in [4.78, 5) is 17.0. The van der Waals surface area contributed by atoms with E-state index in [0.717, 1.165) is 22.5 Å². The fraction of sp³-hybridized carbons (Fsp3) is 0.0909. The number of nitrogens with one attached hydrogen (secondary N) is 1. The van der Waals surface area contributed by atoms with Crippen LogP contribution in [0.25, 0.3) is 16.7 Å². The number of benzene rings is 3. The van der Waals surface area contributed by atoms with Crippen molar-refractivity contribution in [2.24, 2.45) is 0 Å². The Labute approximate surface area is 166 Å². The molecule has 28 heavy (non-hydrogen) atoms. The van der Waals surface area contributed by atoms with Gasteiger partial charge in [-0.2, -0.15) is 0 Å². The lowest BCUT2D eigenvalue weighted by Gasteiger charge is -2.10. The van der Waals surface area contributed by atoms with Gasteiger partial charge >= 0.3 is 0 Å². The first-order valence-corrected chi connectivity index (χ1v) is 9.26. The van der Waals surface area contributed by atoms with Crippen molar-refractivity contribution in [3.8, 4) is 5.69 Å². The normalized spacial score (nSPS) is 10.9. The molecule has 3 aromatic carbocycles. The lowest BCUT2D eigenvalue weighted by atomic mass is 10.2. The molecule has 4 rings (SSSR count). The second-order valence-electron chi connectivity index (χ2n) is 6.36. The molecule has 0 aliphatic heterocycles. The van der Waals surface area contributed by atoms with Gasteiger partial charge in [0.1, 0.15) is 11.6 Å². The number of halogens is 2. The second kappa shape index (κ2) is 7.82. The van der Waals surface area contributed by atoms with Crippen molar-refractivity contribution in [2.45, 2.75) is 12.8 Å². The minimum atomic E-state index is -0.558. The Morgan fingerprint density at radius 3 is 2.57 bits per heavy atom. The van der Waals surface area contributed by atoms with Crippen molar-refractivity contribution >= 4 is 34.2 Å². The first-order chi connectivity index (χ1) is 13.6. The van der Waals surface area contributed by atoms with Gasteiger partial charge in [0.05, 0.1) is 16.7 Å². The number of aryl methyl sites for hydroxylation is 1. The molecule has 0 aliphatic rings. The predicted octanol–water partition coefficient (Wildman–Crippen LogP) is 5.39. The molecule has 4 aromatic rings. The van der Waals surface area contributed by atoms with Crippen LogP contribution in [0.1, 0.15) is 12.2 Å².